The molecule has 0 aliphatic heterocycles. The van der Waals surface area contributed by atoms with Crippen LogP contribution >= 0.6 is 0 Å². The molecule has 0 spiro atoms. The smallest absolute Gasteiger partial charge is 0.311 e. The standard InChI is InChI=1S/C14H20O3/c1-2-3-4-5-6-11-14(16)17-13-10-8-7-9-12(13)15/h7-10,15H,2-6,11H2,1H3. The summed E-state index contributed by atoms with van der Waals surface area (Å²) in [4.78, 5) is 11.5. The molecule has 0 atom stereocenters. The highest BCUT2D eigenvalue weighted by Crippen LogP contribution is 2.24. The Kier molecular flexibility index (Phi) is 6.15. The van der Waals surface area contributed by atoms with Crippen molar-refractivity contribution in [2.24, 2.45) is 0 Å². The second kappa shape index (κ2) is 7.71. The Morgan fingerprint density at radius 1 is 1.18 bits per heavy atom. The number of carbonyl (C=O) groups is 1. The fraction of sp³-hybridized carbons (Fsp3) is 0.500. The summed E-state index contributed by atoms with van der Waals surface area (Å²) in [5.41, 5.74) is 0. The summed E-state index contributed by atoms with van der Waals surface area (Å²) in [7, 11) is 0. The van der Waals surface area contributed by atoms with Crippen molar-refractivity contribution < 1.29 is 14.6 Å². The summed E-state index contributed by atoms with van der Waals surface area (Å²) in [6.07, 6.45) is 5.91. The van der Waals surface area contributed by atoms with E-state index in [1.165, 1.54) is 25.3 Å². The number of benzene rings is 1. The van der Waals surface area contributed by atoms with Gasteiger partial charge in [0.1, 0.15) is 0 Å². The van der Waals surface area contributed by atoms with Crippen molar-refractivity contribution in [1.82, 2.24) is 0 Å². The van der Waals surface area contributed by atoms with Gasteiger partial charge in [0.05, 0.1) is 0 Å². The van der Waals surface area contributed by atoms with E-state index in [0.717, 1.165) is 12.8 Å². The Labute approximate surface area is 102 Å². The van der Waals surface area contributed by atoms with E-state index < -0.39 is 0 Å². The number of unbranched alkanes of at least 4 members (excludes halogenated alkanes) is 4. The van der Waals surface area contributed by atoms with E-state index in [1.54, 1.807) is 18.2 Å². The maximum Gasteiger partial charge on any atom is 0.311 e. The highest BCUT2D eigenvalue weighted by atomic mass is 16.5. The molecule has 0 radical (unpaired) electrons. The van der Waals surface area contributed by atoms with Crippen LogP contribution in [0.5, 0.6) is 11.5 Å². The molecule has 0 aliphatic rings. The summed E-state index contributed by atoms with van der Waals surface area (Å²) in [5, 5.41) is 9.42. The third kappa shape index (κ3) is 5.38. The highest BCUT2D eigenvalue weighted by molar-refractivity contribution is 5.73. The van der Waals surface area contributed by atoms with Gasteiger partial charge in [-0.25, -0.2) is 0 Å². The average molecular weight is 236 g/mol. The zero-order valence-electron chi connectivity index (χ0n) is 10.3. The number of aromatic hydroxyl groups is 1. The molecule has 1 aromatic carbocycles. The van der Waals surface area contributed by atoms with Crippen molar-refractivity contribution in [2.75, 3.05) is 0 Å². The number of ether oxygens (including phenoxy) is 1. The number of phenolic OH excluding ortho intramolecular Hbond substituents is 1. The lowest BCUT2D eigenvalue weighted by Crippen LogP contribution is -2.07. The summed E-state index contributed by atoms with van der Waals surface area (Å²) < 4.78 is 5.06. The van der Waals surface area contributed by atoms with E-state index in [1.807, 2.05) is 0 Å². The molecule has 0 bridgehead atoms. The second-order valence-electron chi connectivity index (χ2n) is 4.11. The Hall–Kier alpha value is -1.51. The molecule has 0 saturated carbocycles. The summed E-state index contributed by atoms with van der Waals surface area (Å²) in [6.45, 7) is 2.16. The van der Waals surface area contributed by atoms with Crippen molar-refractivity contribution in [3.63, 3.8) is 0 Å². The lowest BCUT2D eigenvalue weighted by Gasteiger charge is -2.05. The van der Waals surface area contributed by atoms with Gasteiger partial charge in [-0.05, 0) is 18.6 Å². The highest BCUT2D eigenvalue weighted by Gasteiger charge is 2.07. The van der Waals surface area contributed by atoms with Gasteiger partial charge < -0.3 is 9.84 Å². The van der Waals surface area contributed by atoms with Crippen LogP contribution in [0.2, 0.25) is 0 Å². The van der Waals surface area contributed by atoms with Gasteiger partial charge in [0.25, 0.3) is 0 Å². The van der Waals surface area contributed by atoms with Crippen LogP contribution in [0, 0.1) is 0 Å². The lowest BCUT2D eigenvalue weighted by atomic mass is 10.1. The molecular formula is C14H20O3. The average Bonchev–Trinajstić information content (AvgIpc) is 2.32. The van der Waals surface area contributed by atoms with E-state index >= 15 is 0 Å². The molecule has 94 valence electrons. The Morgan fingerprint density at radius 2 is 1.88 bits per heavy atom. The van der Waals surface area contributed by atoms with Gasteiger partial charge >= 0.3 is 5.97 Å². The number of esters is 1. The Bertz CT molecular complexity index is 347. The summed E-state index contributed by atoms with van der Waals surface area (Å²) >= 11 is 0. The topological polar surface area (TPSA) is 46.5 Å². The number of hydrogen-bond acceptors (Lipinski definition) is 3. The fourth-order valence-electron chi connectivity index (χ4n) is 1.59. The fourth-order valence-corrected chi connectivity index (χ4v) is 1.59. The van der Waals surface area contributed by atoms with Crippen LogP contribution in [0.15, 0.2) is 24.3 Å². The second-order valence-corrected chi connectivity index (χ2v) is 4.11. The molecule has 3 nitrogen and oxygen atoms in total. The van der Waals surface area contributed by atoms with Crippen LogP contribution in [0.1, 0.15) is 45.4 Å². The van der Waals surface area contributed by atoms with E-state index in [2.05, 4.69) is 6.92 Å². The number of phenols is 1. The molecule has 0 aromatic heterocycles. The molecule has 0 aliphatic carbocycles. The van der Waals surface area contributed by atoms with Gasteiger partial charge in [-0.1, -0.05) is 44.7 Å². The third-order valence-electron chi connectivity index (χ3n) is 2.57. The monoisotopic (exact) mass is 236 g/mol. The molecule has 1 rings (SSSR count). The van der Waals surface area contributed by atoms with Gasteiger partial charge in [0.2, 0.25) is 0 Å². The largest absolute Gasteiger partial charge is 0.504 e. The predicted octanol–water partition coefficient (Wildman–Crippen LogP) is 3.66. The van der Waals surface area contributed by atoms with Crippen molar-refractivity contribution in [3.05, 3.63) is 24.3 Å². The van der Waals surface area contributed by atoms with Gasteiger partial charge in [0, 0.05) is 6.42 Å². The first-order valence-corrected chi connectivity index (χ1v) is 6.22. The van der Waals surface area contributed by atoms with Crippen molar-refractivity contribution in [3.8, 4) is 11.5 Å². The molecule has 0 saturated heterocycles. The van der Waals surface area contributed by atoms with Crippen LogP contribution in [0.4, 0.5) is 0 Å². The van der Waals surface area contributed by atoms with Crippen LogP contribution in [0.25, 0.3) is 0 Å². The number of hydrogen-bond donors (Lipinski definition) is 1. The van der Waals surface area contributed by atoms with E-state index in [-0.39, 0.29) is 17.5 Å². The molecule has 1 aromatic rings. The Balaban J connectivity index is 2.23. The Morgan fingerprint density at radius 3 is 2.59 bits per heavy atom. The van der Waals surface area contributed by atoms with Crippen LogP contribution in [-0.2, 0) is 4.79 Å². The van der Waals surface area contributed by atoms with E-state index in [0.29, 0.717) is 6.42 Å². The zero-order chi connectivity index (χ0) is 12.5. The normalized spacial score (nSPS) is 10.2. The predicted molar refractivity (Wildman–Crippen MR) is 67.1 cm³/mol. The van der Waals surface area contributed by atoms with Gasteiger partial charge in [-0.3, -0.25) is 4.79 Å². The molecule has 1 N–H and O–H groups in total. The van der Waals surface area contributed by atoms with Crippen molar-refractivity contribution >= 4 is 5.97 Å². The van der Waals surface area contributed by atoms with Crippen LogP contribution in [0.3, 0.4) is 0 Å². The minimum absolute atomic E-state index is 0.00633. The van der Waals surface area contributed by atoms with Crippen molar-refractivity contribution in [1.29, 1.82) is 0 Å². The summed E-state index contributed by atoms with van der Waals surface area (Å²) in [5.74, 6) is -0.0270. The van der Waals surface area contributed by atoms with Gasteiger partial charge in [-0.15, -0.1) is 0 Å². The number of carbonyl (C=O) groups excluding carboxylic acids is 1. The lowest BCUT2D eigenvalue weighted by molar-refractivity contribution is -0.134. The molecule has 0 fully saturated rings. The number of para-hydroxylation sites is 2. The molecule has 3 heteroatoms. The number of rotatable bonds is 7. The quantitative estimate of drug-likeness (QED) is 0.446. The molecule has 0 heterocycles. The maximum absolute atomic E-state index is 11.5. The molecule has 0 unspecified atom stereocenters. The summed E-state index contributed by atoms with van der Waals surface area (Å²) in [6, 6.07) is 6.51. The molecular weight excluding hydrogens is 216 g/mol. The minimum Gasteiger partial charge on any atom is -0.504 e. The van der Waals surface area contributed by atoms with Gasteiger partial charge in [-0.2, -0.15) is 0 Å². The SMILES string of the molecule is CCCCCCCC(=O)Oc1ccccc1O. The van der Waals surface area contributed by atoms with Gasteiger partial charge in [0.15, 0.2) is 11.5 Å². The molecule has 0 amide bonds. The van der Waals surface area contributed by atoms with E-state index in [9.17, 15) is 9.90 Å². The first-order valence-electron chi connectivity index (χ1n) is 6.22. The molecule has 17 heavy (non-hydrogen) atoms. The third-order valence-corrected chi connectivity index (χ3v) is 2.57. The maximum atomic E-state index is 11.5. The van der Waals surface area contributed by atoms with Crippen LogP contribution in [-0.4, -0.2) is 11.1 Å². The van der Waals surface area contributed by atoms with Crippen molar-refractivity contribution in [2.45, 2.75) is 45.4 Å². The van der Waals surface area contributed by atoms with Crippen LogP contribution < -0.4 is 4.74 Å². The first-order chi connectivity index (χ1) is 8.24. The minimum atomic E-state index is -0.275. The van der Waals surface area contributed by atoms with E-state index in [4.69, 9.17) is 4.74 Å². The first kappa shape index (κ1) is 13.6. The zero-order valence-corrected chi connectivity index (χ0v) is 10.3.